The standard InChI is InChI=1S/C9H16N2O2/c1-6-7(2)11(5,9(12)13)8(3)10(6)4/h8H,1-5H3. The number of hydrogen-bond acceptors (Lipinski definition) is 3. The van der Waals surface area contributed by atoms with E-state index in [-0.39, 0.29) is 10.6 Å². The number of nitrogens with zero attached hydrogens (tertiary/aromatic N) is 2. The highest BCUT2D eigenvalue weighted by Crippen LogP contribution is 2.33. The molecule has 0 fully saturated rings. The van der Waals surface area contributed by atoms with Crippen molar-refractivity contribution >= 4 is 6.09 Å². The molecule has 0 saturated heterocycles. The van der Waals surface area contributed by atoms with E-state index in [0.717, 1.165) is 11.4 Å². The summed E-state index contributed by atoms with van der Waals surface area (Å²) in [6, 6.07) is 0. The van der Waals surface area contributed by atoms with E-state index in [1.807, 2.05) is 32.7 Å². The third-order valence-electron chi connectivity index (χ3n) is 3.44. The van der Waals surface area contributed by atoms with Crippen LogP contribution in [0.5, 0.6) is 0 Å². The number of carbonyl (C=O) groups is 1. The Hall–Kier alpha value is -1.03. The maximum absolute atomic E-state index is 11.0. The number of rotatable bonds is 0. The molecule has 1 aliphatic heterocycles. The van der Waals surface area contributed by atoms with Crippen LogP contribution in [0.3, 0.4) is 0 Å². The van der Waals surface area contributed by atoms with Crippen molar-refractivity contribution in [3.63, 3.8) is 0 Å². The second kappa shape index (κ2) is 2.73. The van der Waals surface area contributed by atoms with Gasteiger partial charge in [-0.25, -0.2) is 4.48 Å². The Kier molecular flexibility index (Phi) is 2.11. The summed E-state index contributed by atoms with van der Waals surface area (Å²) in [5, 5.41) is 11.0. The number of allylic oxidation sites excluding steroid dienone is 2. The molecule has 4 heteroatoms. The quantitative estimate of drug-likeness (QED) is 0.509. The summed E-state index contributed by atoms with van der Waals surface area (Å²) in [5.41, 5.74) is 1.86. The first-order valence-electron chi connectivity index (χ1n) is 4.32. The molecule has 13 heavy (non-hydrogen) atoms. The zero-order chi connectivity index (χ0) is 10.4. The summed E-state index contributed by atoms with van der Waals surface area (Å²) >= 11 is 0. The molecule has 0 spiro atoms. The van der Waals surface area contributed by atoms with E-state index >= 15 is 0 Å². The van der Waals surface area contributed by atoms with Crippen molar-refractivity contribution in [2.45, 2.75) is 26.9 Å². The molecule has 0 aromatic heterocycles. The largest absolute Gasteiger partial charge is 0.498 e. The molecule has 0 radical (unpaired) electrons. The maximum Gasteiger partial charge on any atom is 0.264 e. The van der Waals surface area contributed by atoms with Gasteiger partial charge in [0.2, 0.25) is 0 Å². The molecule has 1 aliphatic rings. The molecule has 1 amide bonds. The van der Waals surface area contributed by atoms with Crippen LogP contribution >= 0.6 is 0 Å². The fourth-order valence-electron chi connectivity index (χ4n) is 1.79. The van der Waals surface area contributed by atoms with Crippen LogP contribution in [0, 0.1) is 0 Å². The number of hydrogen-bond donors (Lipinski definition) is 0. The van der Waals surface area contributed by atoms with Crippen LogP contribution in [0.1, 0.15) is 20.8 Å². The van der Waals surface area contributed by atoms with Crippen LogP contribution in [-0.4, -0.2) is 35.7 Å². The van der Waals surface area contributed by atoms with Gasteiger partial charge in [-0.05, 0) is 6.92 Å². The van der Waals surface area contributed by atoms with Crippen LogP contribution in [0.2, 0.25) is 0 Å². The Bertz CT molecular complexity index is 285. The smallest absolute Gasteiger partial charge is 0.264 e. The molecule has 0 aromatic rings. The van der Waals surface area contributed by atoms with Crippen LogP contribution in [0.25, 0.3) is 0 Å². The van der Waals surface area contributed by atoms with Crippen molar-refractivity contribution < 1.29 is 14.4 Å². The van der Waals surface area contributed by atoms with Crippen molar-refractivity contribution in [2.24, 2.45) is 0 Å². The minimum Gasteiger partial charge on any atom is -0.498 e. The monoisotopic (exact) mass is 184 g/mol. The topological polar surface area (TPSA) is 43.4 Å². The van der Waals surface area contributed by atoms with Crippen LogP contribution < -0.4 is 5.11 Å². The SMILES string of the molecule is CC1=C(C)[N+](C)(C(=O)[O-])C(C)N1C. The molecule has 4 nitrogen and oxygen atoms in total. The Morgan fingerprint density at radius 1 is 1.54 bits per heavy atom. The van der Waals surface area contributed by atoms with Crippen LogP contribution in [0.4, 0.5) is 4.79 Å². The fourth-order valence-corrected chi connectivity index (χ4v) is 1.79. The summed E-state index contributed by atoms with van der Waals surface area (Å²) in [4.78, 5) is 13.0. The molecule has 1 heterocycles. The Labute approximate surface area is 78.6 Å². The lowest BCUT2D eigenvalue weighted by Crippen LogP contribution is -2.59. The van der Waals surface area contributed by atoms with Gasteiger partial charge in [0.15, 0.2) is 6.17 Å². The Morgan fingerprint density at radius 3 is 2.15 bits per heavy atom. The highest BCUT2D eigenvalue weighted by molar-refractivity contribution is 5.56. The van der Waals surface area contributed by atoms with Gasteiger partial charge in [-0.15, -0.1) is 0 Å². The number of carbonyl (C=O) groups excluding carboxylic acids is 1. The van der Waals surface area contributed by atoms with Crippen molar-refractivity contribution in [2.75, 3.05) is 14.1 Å². The predicted molar refractivity (Wildman–Crippen MR) is 47.2 cm³/mol. The van der Waals surface area contributed by atoms with Gasteiger partial charge in [0, 0.05) is 20.9 Å². The minimum absolute atomic E-state index is 0.0926. The number of amides is 1. The lowest BCUT2D eigenvalue weighted by molar-refractivity contribution is -0.846. The average molecular weight is 184 g/mol. The normalized spacial score (nSPS) is 34.2. The van der Waals surface area contributed by atoms with Crippen molar-refractivity contribution in [1.29, 1.82) is 0 Å². The van der Waals surface area contributed by atoms with E-state index in [4.69, 9.17) is 0 Å². The minimum atomic E-state index is -1.05. The average Bonchev–Trinajstić information content (AvgIpc) is 2.22. The molecule has 0 bridgehead atoms. The third-order valence-corrected chi connectivity index (χ3v) is 3.44. The van der Waals surface area contributed by atoms with E-state index < -0.39 is 6.09 Å². The predicted octanol–water partition coefficient (Wildman–Crippen LogP) is 0.319. The lowest BCUT2D eigenvalue weighted by atomic mass is 10.3. The van der Waals surface area contributed by atoms with Gasteiger partial charge >= 0.3 is 0 Å². The molecular weight excluding hydrogens is 168 g/mol. The molecule has 0 saturated carbocycles. The zero-order valence-corrected chi connectivity index (χ0v) is 8.79. The van der Waals surface area contributed by atoms with Crippen molar-refractivity contribution in [1.82, 2.24) is 4.90 Å². The second-order valence-corrected chi connectivity index (χ2v) is 3.75. The van der Waals surface area contributed by atoms with Gasteiger partial charge in [0.1, 0.15) is 5.70 Å². The fraction of sp³-hybridized carbons (Fsp3) is 0.667. The molecular formula is C9H16N2O2. The van der Waals surface area contributed by atoms with E-state index in [9.17, 15) is 9.90 Å². The number of quaternary nitrogens is 1. The molecule has 0 N–H and O–H groups in total. The van der Waals surface area contributed by atoms with Crippen molar-refractivity contribution in [3.05, 3.63) is 11.4 Å². The Balaban J connectivity index is 3.22. The highest BCUT2D eigenvalue weighted by Gasteiger charge is 2.44. The van der Waals surface area contributed by atoms with E-state index in [1.54, 1.807) is 7.05 Å². The summed E-state index contributed by atoms with van der Waals surface area (Å²) < 4.78 is -0.137. The van der Waals surface area contributed by atoms with Gasteiger partial charge in [-0.1, -0.05) is 0 Å². The van der Waals surface area contributed by atoms with E-state index in [0.29, 0.717) is 0 Å². The molecule has 0 aliphatic carbocycles. The molecule has 74 valence electrons. The summed E-state index contributed by atoms with van der Waals surface area (Å²) in [6.07, 6.45) is -1.14. The molecule has 0 aromatic carbocycles. The molecule has 2 unspecified atom stereocenters. The first kappa shape index (κ1) is 10.1. The van der Waals surface area contributed by atoms with E-state index in [2.05, 4.69) is 0 Å². The maximum atomic E-state index is 11.0. The Morgan fingerprint density at radius 2 is 2.00 bits per heavy atom. The van der Waals surface area contributed by atoms with Crippen molar-refractivity contribution in [3.8, 4) is 0 Å². The van der Waals surface area contributed by atoms with Gasteiger partial charge in [-0.2, -0.15) is 0 Å². The van der Waals surface area contributed by atoms with Gasteiger partial charge < -0.3 is 14.8 Å². The van der Waals surface area contributed by atoms with Crippen LogP contribution in [0.15, 0.2) is 11.4 Å². The zero-order valence-electron chi connectivity index (χ0n) is 8.79. The third kappa shape index (κ3) is 1.05. The first-order chi connectivity index (χ1) is 5.83. The van der Waals surface area contributed by atoms with Gasteiger partial charge in [0.25, 0.3) is 6.09 Å². The summed E-state index contributed by atoms with van der Waals surface area (Å²) in [7, 11) is 3.57. The van der Waals surface area contributed by atoms with Gasteiger partial charge in [0.05, 0.1) is 12.7 Å². The highest BCUT2D eigenvalue weighted by atomic mass is 16.4. The number of carboxylic acid groups (broad SMARTS) is 1. The first-order valence-corrected chi connectivity index (χ1v) is 4.32. The summed E-state index contributed by atoms with van der Waals surface area (Å²) in [6.45, 7) is 5.65. The lowest BCUT2D eigenvalue weighted by Gasteiger charge is -2.35. The van der Waals surface area contributed by atoms with Crippen LogP contribution in [-0.2, 0) is 0 Å². The van der Waals surface area contributed by atoms with E-state index in [1.165, 1.54) is 0 Å². The van der Waals surface area contributed by atoms with Gasteiger partial charge in [-0.3, -0.25) is 0 Å². The molecule has 2 atom stereocenters. The molecule has 1 rings (SSSR count). The second-order valence-electron chi connectivity index (χ2n) is 3.75. The summed E-state index contributed by atoms with van der Waals surface area (Å²) in [5.74, 6) is 0.